The zero-order valence-corrected chi connectivity index (χ0v) is 11.3. The molecule has 0 aliphatic heterocycles. The number of nitro groups is 1. The van der Waals surface area contributed by atoms with Gasteiger partial charge in [0.1, 0.15) is 9.86 Å². The van der Waals surface area contributed by atoms with Gasteiger partial charge in [0.05, 0.1) is 15.5 Å². The summed E-state index contributed by atoms with van der Waals surface area (Å²) in [6.07, 6.45) is 0. The highest BCUT2D eigenvalue weighted by Crippen LogP contribution is 2.36. The van der Waals surface area contributed by atoms with E-state index in [4.69, 9.17) is 11.6 Å². The summed E-state index contributed by atoms with van der Waals surface area (Å²) in [6.45, 7) is 0. The van der Waals surface area contributed by atoms with Gasteiger partial charge in [0.15, 0.2) is 5.75 Å². The second-order valence-electron chi connectivity index (χ2n) is 3.55. The van der Waals surface area contributed by atoms with Crippen LogP contribution in [0.2, 0.25) is 5.02 Å². The lowest BCUT2D eigenvalue weighted by molar-refractivity contribution is -0.383. The molecular weight excluding hydrogens is 343 g/mol. The minimum absolute atomic E-state index is 0.0417. The Morgan fingerprint density at radius 2 is 2.00 bits per heavy atom. The number of nitrogens with zero attached hydrogens (tertiary/aromatic N) is 1. The summed E-state index contributed by atoms with van der Waals surface area (Å²) in [4.78, 5) is 35.7. The van der Waals surface area contributed by atoms with Gasteiger partial charge in [0.2, 0.25) is 5.43 Å². The molecule has 7 nitrogen and oxygen atoms in total. The van der Waals surface area contributed by atoms with E-state index in [1.165, 1.54) is 6.07 Å². The molecule has 2 aromatic rings. The number of nitrogens with one attached hydrogen (secondary N) is 1. The van der Waals surface area contributed by atoms with Crippen molar-refractivity contribution in [3.05, 3.63) is 52.3 Å². The number of nitro benzene ring substituents is 1. The fourth-order valence-corrected chi connectivity index (χ4v) is 2.26. The highest BCUT2D eigenvalue weighted by atomic mass is 79.9. The van der Waals surface area contributed by atoms with Gasteiger partial charge in [-0.2, -0.15) is 0 Å². The fraction of sp³-hybridized carbons (Fsp3) is 0. The van der Waals surface area contributed by atoms with Gasteiger partial charge < -0.3 is 10.1 Å². The summed E-state index contributed by atoms with van der Waals surface area (Å²) in [7, 11) is 0. The van der Waals surface area contributed by atoms with E-state index in [0.29, 0.717) is 6.07 Å². The summed E-state index contributed by atoms with van der Waals surface area (Å²) in [5, 5.41) is 20.0. The Kier molecular flexibility index (Phi) is 3.29. The molecule has 98 valence electrons. The minimum Gasteiger partial charge on any atom is -0.504 e. The van der Waals surface area contributed by atoms with Crippen LogP contribution in [0, 0.1) is 10.1 Å². The van der Waals surface area contributed by atoms with Crippen LogP contribution < -0.4 is 11.0 Å². The fourth-order valence-electron chi connectivity index (χ4n) is 1.60. The molecule has 0 fully saturated rings. The van der Waals surface area contributed by atoms with E-state index in [0.717, 1.165) is 0 Å². The van der Waals surface area contributed by atoms with Gasteiger partial charge in [-0.3, -0.25) is 19.7 Å². The SMILES string of the molecule is O=c1cc(O)c(=O)c2c([N+](=O)[O-])c(Br)c(Cl)cc2[nH]1. The number of halogens is 2. The van der Waals surface area contributed by atoms with Gasteiger partial charge in [-0.05, 0) is 22.0 Å². The van der Waals surface area contributed by atoms with E-state index in [1.54, 1.807) is 0 Å². The molecule has 0 aliphatic rings. The Balaban J connectivity index is 3.27. The maximum absolute atomic E-state index is 11.9. The smallest absolute Gasteiger partial charge is 0.298 e. The van der Waals surface area contributed by atoms with Gasteiger partial charge in [-0.25, -0.2) is 0 Å². The molecule has 9 heteroatoms. The zero-order valence-electron chi connectivity index (χ0n) is 8.94. The standard InChI is InChI=1S/C10H4BrClN2O5/c11-8-3(12)1-4-7(9(8)14(18)19)10(17)5(15)2-6(16)13-4/h1-2H,(H,13,16)(H,15,17). The Morgan fingerprint density at radius 3 is 2.58 bits per heavy atom. The summed E-state index contributed by atoms with van der Waals surface area (Å²) >= 11 is 8.69. The molecule has 0 spiro atoms. The van der Waals surface area contributed by atoms with Crippen LogP contribution in [0.3, 0.4) is 0 Å². The van der Waals surface area contributed by atoms with E-state index in [1.807, 2.05) is 0 Å². The topological polar surface area (TPSA) is 113 Å². The first-order valence-electron chi connectivity index (χ1n) is 4.75. The third-order valence-corrected chi connectivity index (χ3v) is 3.69. The molecule has 0 unspecified atom stereocenters. The number of fused-ring (bicyclic) bond motifs is 1. The van der Waals surface area contributed by atoms with Crippen molar-refractivity contribution in [2.45, 2.75) is 0 Å². The quantitative estimate of drug-likeness (QED) is 0.604. The van der Waals surface area contributed by atoms with Gasteiger partial charge in [-0.1, -0.05) is 11.6 Å². The number of benzene rings is 1. The van der Waals surface area contributed by atoms with Crippen molar-refractivity contribution in [1.29, 1.82) is 0 Å². The molecule has 0 bridgehead atoms. The first kappa shape index (κ1) is 13.5. The number of aromatic hydroxyl groups is 1. The average molecular weight is 348 g/mol. The van der Waals surface area contributed by atoms with Crippen molar-refractivity contribution in [2.75, 3.05) is 0 Å². The predicted octanol–water partition coefficient (Wildman–Crippen LogP) is 1.92. The molecular formula is C10H4BrClN2O5. The van der Waals surface area contributed by atoms with Crippen LogP contribution in [0.5, 0.6) is 5.75 Å². The van der Waals surface area contributed by atoms with Crippen LogP contribution in [-0.2, 0) is 0 Å². The Hall–Kier alpha value is -1.93. The molecule has 1 heterocycles. The largest absolute Gasteiger partial charge is 0.504 e. The maximum Gasteiger partial charge on any atom is 0.298 e. The van der Waals surface area contributed by atoms with E-state index in [2.05, 4.69) is 20.9 Å². The van der Waals surface area contributed by atoms with Crippen LogP contribution >= 0.6 is 27.5 Å². The summed E-state index contributed by atoms with van der Waals surface area (Å²) in [5.41, 5.74) is -2.56. The number of aromatic amines is 1. The van der Waals surface area contributed by atoms with Gasteiger partial charge in [-0.15, -0.1) is 0 Å². The van der Waals surface area contributed by atoms with Crippen molar-refractivity contribution in [3.8, 4) is 5.75 Å². The van der Waals surface area contributed by atoms with Gasteiger partial charge in [0, 0.05) is 6.07 Å². The lowest BCUT2D eigenvalue weighted by atomic mass is 10.2. The van der Waals surface area contributed by atoms with Crippen molar-refractivity contribution >= 4 is 44.1 Å². The van der Waals surface area contributed by atoms with Crippen LogP contribution in [0.15, 0.2) is 26.2 Å². The summed E-state index contributed by atoms with van der Waals surface area (Å²) in [5.74, 6) is -0.881. The van der Waals surface area contributed by atoms with E-state index in [-0.39, 0.29) is 15.0 Å². The first-order chi connectivity index (χ1) is 8.82. The van der Waals surface area contributed by atoms with Gasteiger partial charge >= 0.3 is 0 Å². The summed E-state index contributed by atoms with van der Waals surface area (Å²) < 4.78 is -0.102. The third-order valence-electron chi connectivity index (χ3n) is 2.36. The van der Waals surface area contributed by atoms with E-state index in [9.17, 15) is 24.8 Å². The molecule has 0 radical (unpaired) electrons. The Morgan fingerprint density at radius 1 is 1.37 bits per heavy atom. The van der Waals surface area contributed by atoms with Crippen molar-refractivity contribution in [1.82, 2.24) is 4.98 Å². The highest BCUT2D eigenvalue weighted by molar-refractivity contribution is 9.10. The van der Waals surface area contributed by atoms with Gasteiger partial charge in [0.25, 0.3) is 11.2 Å². The third kappa shape index (κ3) is 2.20. The van der Waals surface area contributed by atoms with E-state index < -0.39 is 32.7 Å². The molecule has 0 saturated heterocycles. The number of H-pyrrole nitrogens is 1. The molecule has 19 heavy (non-hydrogen) atoms. The minimum atomic E-state index is -1.03. The van der Waals surface area contributed by atoms with Crippen molar-refractivity contribution in [2.24, 2.45) is 0 Å². The van der Waals surface area contributed by atoms with E-state index >= 15 is 0 Å². The second-order valence-corrected chi connectivity index (χ2v) is 4.75. The normalized spacial score (nSPS) is 10.6. The average Bonchev–Trinajstić information content (AvgIpc) is 2.39. The van der Waals surface area contributed by atoms with Crippen LogP contribution in [0.4, 0.5) is 5.69 Å². The molecule has 2 rings (SSSR count). The molecule has 1 aromatic heterocycles. The number of rotatable bonds is 1. The molecule has 2 N–H and O–H groups in total. The predicted molar refractivity (Wildman–Crippen MR) is 71.9 cm³/mol. The van der Waals surface area contributed by atoms with Crippen molar-refractivity contribution < 1.29 is 10.0 Å². The summed E-state index contributed by atoms with van der Waals surface area (Å²) in [6, 6.07) is 1.84. The number of aromatic nitrogens is 1. The number of hydrogen-bond donors (Lipinski definition) is 2. The van der Waals surface area contributed by atoms with Crippen molar-refractivity contribution in [3.63, 3.8) is 0 Å². The second kappa shape index (κ2) is 4.63. The maximum atomic E-state index is 11.9. The Labute approximate surface area is 117 Å². The van der Waals surface area contributed by atoms with Crippen LogP contribution in [0.1, 0.15) is 0 Å². The Bertz CT molecular complexity index is 833. The lowest BCUT2D eigenvalue weighted by Crippen LogP contribution is -2.03. The number of hydrogen-bond acceptors (Lipinski definition) is 5. The van der Waals surface area contributed by atoms with Crippen LogP contribution in [-0.4, -0.2) is 15.0 Å². The lowest BCUT2D eigenvalue weighted by Gasteiger charge is -2.00. The molecule has 0 aliphatic carbocycles. The first-order valence-corrected chi connectivity index (χ1v) is 5.92. The highest BCUT2D eigenvalue weighted by Gasteiger charge is 2.23. The monoisotopic (exact) mass is 346 g/mol. The molecule has 0 atom stereocenters. The molecule has 0 saturated carbocycles. The zero-order chi connectivity index (χ0) is 14.3. The van der Waals surface area contributed by atoms with Crippen LogP contribution in [0.25, 0.3) is 10.9 Å². The molecule has 1 aromatic carbocycles. The molecule has 0 amide bonds.